The van der Waals surface area contributed by atoms with Crippen molar-refractivity contribution in [2.75, 3.05) is 39.3 Å². The van der Waals surface area contributed by atoms with Crippen molar-refractivity contribution in [2.45, 2.75) is 24.7 Å². The van der Waals surface area contributed by atoms with Gasteiger partial charge >= 0.3 is 0 Å². The molecule has 0 unspecified atom stereocenters. The number of aryl methyl sites for hydroxylation is 1. The van der Waals surface area contributed by atoms with Crippen molar-refractivity contribution in [1.82, 2.24) is 9.80 Å². The number of aliphatic hydroxyl groups is 1. The Balaban J connectivity index is 1.77. The topological polar surface area (TPSA) is 104 Å². The number of rotatable bonds is 5. The van der Waals surface area contributed by atoms with Crippen LogP contribution in [0.1, 0.15) is 28.8 Å². The van der Waals surface area contributed by atoms with Crippen LogP contribution < -0.4 is 5.14 Å². The number of amides is 1. The summed E-state index contributed by atoms with van der Waals surface area (Å²) >= 11 is 0. The van der Waals surface area contributed by atoms with Gasteiger partial charge in [-0.25, -0.2) is 13.6 Å². The Hall–Kier alpha value is -1.48. The van der Waals surface area contributed by atoms with Crippen LogP contribution in [-0.2, 0) is 10.0 Å². The zero-order valence-corrected chi connectivity index (χ0v) is 15.9. The lowest BCUT2D eigenvalue weighted by atomic mass is 9.96. The smallest absolute Gasteiger partial charge is 0.254 e. The van der Waals surface area contributed by atoms with E-state index >= 15 is 0 Å². The molecule has 7 nitrogen and oxygen atoms in total. The third-order valence-electron chi connectivity index (χ3n) is 5.56. The highest BCUT2D eigenvalue weighted by molar-refractivity contribution is 7.89. The predicted molar refractivity (Wildman–Crippen MR) is 98.2 cm³/mol. The molecule has 26 heavy (non-hydrogen) atoms. The molecule has 1 aromatic rings. The van der Waals surface area contributed by atoms with Crippen molar-refractivity contribution in [3.8, 4) is 0 Å². The van der Waals surface area contributed by atoms with E-state index in [-0.39, 0.29) is 29.2 Å². The first-order chi connectivity index (χ1) is 12.3. The number of benzene rings is 1. The summed E-state index contributed by atoms with van der Waals surface area (Å²) in [5.41, 5.74) is 1.07. The Morgan fingerprint density at radius 3 is 2.50 bits per heavy atom. The lowest BCUT2D eigenvalue weighted by Crippen LogP contribution is -2.33. The first-order valence-corrected chi connectivity index (χ1v) is 10.6. The summed E-state index contributed by atoms with van der Waals surface area (Å²) in [4.78, 5) is 17.1. The molecule has 0 spiro atoms. The van der Waals surface area contributed by atoms with Crippen molar-refractivity contribution in [2.24, 2.45) is 17.0 Å². The third kappa shape index (κ3) is 4.09. The zero-order valence-electron chi connectivity index (χ0n) is 15.1. The second-order valence-electron chi connectivity index (χ2n) is 7.44. The SMILES string of the molecule is Cc1ccc(S(N)(=O)=O)cc1C(=O)N1C[C@@H](CN2CCCC2)[C@@H](CO)C1. The van der Waals surface area contributed by atoms with Crippen molar-refractivity contribution >= 4 is 15.9 Å². The molecule has 0 aromatic heterocycles. The Bertz CT molecular complexity index is 775. The van der Waals surface area contributed by atoms with E-state index in [1.54, 1.807) is 17.9 Å². The fourth-order valence-electron chi connectivity index (χ4n) is 3.99. The largest absolute Gasteiger partial charge is 0.396 e. The number of primary sulfonamides is 1. The molecule has 2 aliphatic rings. The van der Waals surface area contributed by atoms with E-state index in [9.17, 15) is 18.3 Å². The van der Waals surface area contributed by atoms with Crippen LogP contribution >= 0.6 is 0 Å². The highest BCUT2D eigenvalue weighted by Crippen LogP contribution is 2.28. The molecule has 1 aromatic carbocycles. The van der Waals surface area contributed by atoms with Gasteiger partial charge in [0, 0.05) is 37.7 Å². The maximum Gasteiger partial charge on any atom is 0.254 e. The lowest BCUT2D eigenvalue weighted by Gasteiger charge is -2.23. The minimum Gasteiger partial charge on any atom is -0.396 e. The highest BCUT2D eigenvalue weighted by Gasteiger charge is 2.36. The Labute approximate surface area is 154 Å². The van der Waals surface area contributed by atoms with Gasteiger partial charge in [-0.2, -0.15) is 0 Å². The zero-order chi connectivity index (χ0) is 18.9. The molecule has 3 rings (SSSR count). The van der Waals surface area contributed by atoms with Crippen LogP contribution in [0.4, 0.5) is 0 Å². The number of hydrogen-bond acceptors (Lipinski definition) is 5. The fraction of sp³-hybridized carbons (Fsp3) is 0.611. The minimum atomic E-state index is -3.86. The Kier molecular flexibility index (Phi) is 5.67. The van der Waals surface area contributed by atoms with E-state index in [4.69, 9.17) is 5.14 Å². The number of sulfonamides is 1. The maximum absolute atomic E-state index is 13.0. The lowest BCUT2D eigenvalue weighted by molar-refractivity contribution is 0.0778. The van der Waals surface area contributed by atoms with E-state index in [1.165, 1.54) is 25.0 Å². The molecule has 2 aliphatic heterocycles. The van der Waals surface area contributed by atoms with Crippen molar-refractivity contribution in [1.29, 1.82) is 0 Å². The average Bonchev–Trinajstić information content (AvgIpc) is 3.23. The first-order valence-electron chi connectivity index (χ1n) is 9.05. The second-order valence-corrected chi connectivity index (χ2v) is 9.00. The van der Waals surface area contributed by atoms with E-state index in [0.717, 1.165) is 19.6 Å². The number of carbonyl (C=O) groups excluding carboxylic acids is 1. The van der Waals surface area contributed by atoms with E-state index in [0.29, 0.717) is 24.2 Å². The van der Waals surface area contributed by atoms with E-state index < -0.39 is 10.0 Å². The van der Waals surface area contributed by atoms with Gasteiger partial charge in [-0.1, -0.05) is 6.07 Å². The molecular weight excluding hydrogens is 354 g/mol. The third-order valence-corrected chi connectivity index (χ3v) is 6.47. The molecule has 2 fully saturated rings. The molecule has 0 saturated carbocycles. The summed E-state index contributed by atoms with van der Waals surface area (Å²) in [6, 6.07) is 4.38. The van der Waals surface area contributed by atoms with Crippen molar-refractivity contribution in [3.63, 3.8) is 0 Å². The number of nitrogens with two attached hydrogens (primary N) is 1. The monoisotopic (exact) mass is 381 g/mol. The summed E-state index contributed by atoms with van der Waals surface area (Å²) in [6.07, 6.45) is 2.41. The van der Waals surface area contributed by atoms with E-state index in [1.807, 2.05) is 0 Å². The second kappa shape index (κ2) is 7.64. The summed E-state index contributed by atoms with van der Waals surface area (Å²) < 4.78 is 23.2. The van der Waals surface area contributed by atoms with Crippen LogP contribution in [-0.4, -0.2) is 68.6 Å². The van der Waals surface area contributed by atoms with Gasteiger partial charge in [-0.05, 0) is 56.5 Å². The standard InChI is InChI=1S/C18H27N3O4S/c1-13-4-5-16(26(19,24)25)8-17(13)18(23)21-10-14(15(11-21)12-22)9-20-6-2-3-7-20/h4-5,8,14-15,22H,2-3,6-7,9-12H2,1H3,(H2,19,24,25)/t14-,15-/m1/s1. The molecule has 0 radical (unpaired) electrons. The van der Waals surface area contributed by atoms with Crippen LogP contribution in [0.3, 0.4) is 0 Å². The van der Waals surface area contributed by atoms with Crippen LogP contribution in [0.15, 0.2) is 23.1 Å². The minimum absolute atomic E-state index is 0.0541. The molecule has 1 amide bonds. The molecule has 0 aliphatic carbocycles. The molecule has 2 heterocycles. The van der Waals surface area contributed by atoms with Gasteiger partial charge in [-0.15, -0.1) is 0 Å². The normalized spacial score (nSPS) is 24.3. The van der Waals surface area contributed by atoms with E-state index in [2.05, 4.69) is 4.90 Å². The fourth-order valence-corrected chi connectivity index (χ4v) is 4.53. The number of hydrogen-bond donors (Lipinski definition) is 2. The number of carbonyl (C=O) groups is 1. The molecule has 8 heteroatoms. The molecule has 144 valence electrons. The van der Waals surface area contributed by atoms with Crippen LogP contribution in [0.2, 0.25) is 0 Å². The van der Waals surface area contributed by atoms with Gasteiger partial charge in [0.05, 0.1) is 4.90 Å². The number of aliphatic hydroxyl groups excluding tert-OH is 1. The van der Waals surface area contributed by atoms with Gasteiger partial charge in [0.1, 0.15) is 0 Å². The van der Waals surface area contributed by atoms with Gasteiger partial charge in [0.25, 0.3) is 5.91 Å². The quantitative estimate of drug-likeness (QED) is 0.769. The predicted octanol–water partition coefficient (Wildman–Crippen LogP) is 0.419. The average molecular weight is 381 g/mol. The van der Waals surface area contributed by atoms with Crippen LogP contribution in [0.25, 0.3) is 0 Å². The van der Waals surface area contributed by atoms with Crippen LogP contribution in [0.5, 0.6) is 0 Å². The van der Waals surface area contributed by atoms with Gasteiger partial charge in [-0.3, -0.25) is 4.79 Å². The number of nitrogens with zero attached hydrogens (tertiary/aromatic N) is 2. The molecule has 3 N–H and O–H groups in total. The molecular formula is C18H27N3O4S. The Morgan fingerprint density at radius 1 is 1.23 bits per heavy atom. The van der Waals surface area contributed by atoms with Gasteiger partial charge in [0.2, 0.25) is 10.0 Å². The van der Waals surface area contributed by atoms with Gasteiger partial charge < -0.3 is 14.9 Å². The maximum atomic E-state index is 13.0. The van der Waals surface area contributed by atoms with Crippen molar-refractivity contribution < 1.29 is 18.3 Å². The van der Waals surface area contributed by atoms with Gasteiger partial charge in [0.15, 0.2) is 0 Å². The summed E-state index contributed by atoms with van der Waals surface area (Å²) in [5.74, 6) is 0.0976. The summed E-state index contributed by atoms with van der Waals surface area (Å²) in [6.45, 7) is 5.97. The van der Waals surface area contributed by atoms with Crippen LogP contribution in [0, 0.1) is 18.8 Å². The van der Waals surface area contributed by atoms with Crippen molar-refractivity contribution in [3.05, 3.63) is 29.3 Å². The molecule has 2 saturated heterocycles. The number of likely N-dealkylation sites (tertiary alicyclic amines) is 2. The molecule has 0 bridgehead atoms. The highest BCUT2D eigenvalue weighted by atomic mass is 32.2. The Morgan fingerprint density at radius 2 is 1.88 bits per heavy atom. The summed E-state index contributed by atoms with van der Waals surface area (Å²) in [7, 11) is -3.86. The summed E-state index contributed by atoms with van der Waals surface area (Å²) in [5, 5.41) is 14.9. The first kappa shape index (κ1) is 19.3. The molecule has 2 atom stereocenters.